The van der Waals surface area contributed by atoms with Gasteiger partial charge in [-0.25, -0.2) is 9.78 Å². The molecule has 4 nitrogen and oxygen atoms in total. The third-order valence-corrected chi connectivity index (χ3v) is 2.64. The fourth-order valence-electron chi connectivity index (χ4n) is 1.84. The number of nitrogens with zero attached hydrogens (tertiary/aromatic N) is 1. The number of carboxylic acid groups (broad SMARTS) is 1. The molecule has 1 heterocycles. The van der Waals surface area contributed by atoms with Crippen LogP contribution in [0.4, 0.5) is 13.2 Å². The number of aromatic nitrogens is 1. The number of ether oxygens (including phenoxy) is 1. The summed E-state index contributed by atoms with van der Waals surface area (Å²) in [6, 6.07) is 5.38. The Bertz CT molecular complexity index is 723. The van der Waals surface area contributed by atoms with E-state index in [1.54, 1.807) is 13.0 Å². The van der Waals surface area contributed by atoms with Crippen molar-refractivity contribution in [3.05, 3.63) is 41.6 Å². The first kappa shape index (κ1) is 14.8. The summed E-state index contributed by atoms with van der Waals surface area (Å²) in [6.07, 6.45) is -2.50. The van der Waals surface area contributed by atoms with E-state index in [1.165, 1.54) is 18.2 Å². The average Bonchev–Trinajstić information content (AvgIpc) is 2.35. The molecule has 1 N–H and O–H groups in total. The van der Waals surface area contributed by atoms with Gasteiger partial charge in [-0.2, -0.15) is 0 Å². The molecule has 0 aliphatic heterocycles. The van der Waals surface area contributed by atoms with Crippen LogP contribution in [-0.4, -0.2) is 22.4 Å². The maximum absolute atomic E-state index is 12.2. The zero-order chi connectivity index (χ0) is 15.6. The number of carbonyl (C=O) groups is 1. The van der Waals surface area contributed by atoms with Crippen molar-refractivity contribution in [1.82, 2.24) is 4.98 Å². The van der Waals surface area contributed by atoms with Crippen LogP contribution in [0.15, 0.2) is 30.3 Å². The lowest BCUT2D eigenvalue weighted by Crippen LogP contribution is -2.17. The molecule has 0 aliphatic rings. The standard InChI is InChI=1S/C14H10F3NO3/c1-8-6-9(2-5-13(19)20)18-12-4-3-10(7-11(8)12)21-14(15,16)17/h2-7H,1H3,(H,19,20)/b5-2+. The summed E-state index contributed by atoms with van der Waals surface area (Å²) in [7, 11) is 0. The smallest absolute Gasteiger partial charge is 0.478 e. The van der Waals surface area contributed by atoms with Crippen molar-refractivity contribution in [3.8, 4) is 5.75 Å². The van der Waals surface area contributed by atoms with Crippen molar-refractivity contribution in [2.75, 3.05) is 0 Å². The maximum atomic E-state index is 12.2. The highest BCUT2D eigenvalue weighted by molar-refractivity contribution is 5.87. The third kappa shape index (κ3) is 3.95. The first-order valence-corrected chi connectivity index (χ1v) is 5.83. The number of carboxylic acids is 1. The zero-order valence-corrected chi connectivity index (χ0v) is 10.8. The second kappa shape index (κ2) is 5.43. The van der Waals surface area contributed by atoms with Crippen molar-refractivity contribution in [1.29, 1.82) is 0 Å². The van der Waals surface area contributed by atoms with E-state index in [2.05, 4.69) is 9.72 Å². The van der Waals surface area contributed by atoms with Crippen molar-refractivity contribution in [2.24, 2.45) is 0 Å². The summed E-state index contributed by atoms with van der Waals surface area (Å²) in [5.41, 5.74) is 1.53. The van der Waals surface area contributed by atoms with Gasteiger partial charge in [0.1, 0.15) is 5.75 Å². The molecule has 0 bridgehead atoms. The molecule has 0 unspecified atom stereocenters. The highest BCUT2D eigenvalue weighted by atomic mass is 19.4. The fraction of sp³-hybridized carbons (Fsp3) is 0.143. The lowest BCUT2D eigenvalue weighted by molar-refractivity contribution is -0.274. The minimum atomic E-state index is -4.75. The summed E-state index contributed by atoms with van der Waals surface area (Å²) in [6.45, 7) is 1.69. The number of hydrogen-bond acceptors (Lipinski definition) is 3. The minimum absolute atomic E-state index is 0.325. The SMILES string of the molecule is Cc1cc(/C=C/C(=O)O)nc2ccc(OC(F)(F)F)cc12. The summed E-state index contributed by atoms with van der Waals surface area (Å²) in [5.74, 6) is -1.43. The Hall–Kier alpha value is -2.57. The Morgan fingerprint density at radius 3 is 2.67 bits per heavy atom. The summed E-state index contributed by atoms with van der Waals surface area (Å²) in [4.78, 5) is 14.6. The number of rotatable bonds is 3. The van der Waals surface area contributed by atoms with Crippen LogP contribution in [-0.2, 0) is 4.79 Å². The number of alkyl halides is 3. The molecular formula is C14H10F3NO3. The van der Waals surface area contributed by atoms with Crippen molar-refractivity contribution in [2.45, 2.75) is 13.3 Å². The van der Waals surface area contributed by atoms with E-state index in [0.717, 1.165) is 12.1 Å². The van der Waals surface area contributed by atoms with E-state index in [4.69, 9.17) is 5.11 Å². The van der Waals surface area contributed by atoms with Crippen LogP contribution in [0.1, 0.15) is 11.3 Å². The molecule has 110 valence electrons. The Balaban J connectivity index is 2.43. The Kier molecular flexibility index (Phi) is 3.84. The number of benzene rings is 1. The predicted octanol–water partition coefficient (Wildman–Crippen LogP) is 3.54. The predicted molar refractivity (Wildman–Crippen MR) is 69.8 cm³/mol. The fourth-order valence-corrected chi connectivity index (χ4v) is 1.84. The molecule has 0 saturated heterocycles. The van der Waals surface area contributed by atoms with E-state index in [-0.39, 0.29) is 5.75 Å². The molecule has 1 aromatic heterocycles. The van der Waals surface area contributed by atoms with Gasteiger partial charge in [0.2, 0.25) is 0 Å². The summed E-state index contributed by atoms with van der Waals surface area (Å²) in [5, 5.41) is 9.07. The van der Waals surface area contributed by atoms with Crippen molar-refractivity contribution in [3.63, 3.8) is 0 Å². The van der Waals surface area contributed by atoms with Gasteiger partial charge in [-0.15, -0.1) is 13.2 Å². The molecule has 0 atom stereocenters. The van der Waals surface area contributed by atoms with Gasteiger partial charge in [0.05, 0.1) is 11.2 Å². The molecule has 1 aromatic carbocycles. The molecule has 0 amide bonds. The lowest BCUT2D eigenvalue weighted by atomic mass is 10.1. The number of pyridine rings is 1. The molecule has 0 aliphatic carbocycles. The summed E-state index contributed by atoms with van der Waals surface area (Å²) >= 11 is 0. The van der Waals surface area contributed by atoms with Gasteiger partial charge in [0.25, 0.3) is 0 Å². The third-order valence-electron chi connectivity index (χ3n) is 2.64. The Labute approximate surface area is 117 Å². The van der Waals surface area contributed by atoms with E-state index < -0.39 is 12.3 Å². The molecule has 0 fully saturated rings. The summed E-state index contributed by atoms with van der Waals surface area (Å²) < 4.78 is 40.4. The number of aryl methyl sites for hydroxylation is 1. The van der Waals surface area contributed by atoms with E-state index in [1.807, 2.05) is 0 Å². The normalized spacial score (nSPS) is 12.0. The average molecular weight is 297 g/mol. The molecule has 7 heteroatoms. The van der Waals surface area contributed by atoms with E-state index >= 15 is 0 Å². The molecule has 21 heavy (non-hydrogen) atoms. The van der Waals surface area contributed by atoms with E-state index in [0.29, 0.717) is 22.2 Å². The van der Waals surface area contributed by atoms with Gasteiger partial charge in [-0.05, 0) is 42.8 Å². The lowest BCUT2D eigenvalue weighted by Gasteiger charge is -2.10. The largest absolute Gasteiger partial charge is 0.573 e. The number of aliphatic carboxylic acids is 1. The Morgan fingerprint density at radius 1 is 1.33 bits per heavy atom. The van der Waals surface area contributed by atoms with Crippen LogP contribution in [0.2, 0.25) is 0 Å². The van der Waals surface area contributed by atoms with Gasteiger partial charge >= 0.3 is 12.3 Å². The van der Waals surface area contributed by atoms with Crippen LogP contribution in [0, 0.1) is 6.92 Å². The van der Waals surface area contributed by atoms with Crippen LogP contribution in [0.25, 0.3) is 17.0 Å². The molecule has 2 aromatic rings. The minimum Gasteiger partial charge on any atom is -0.478 e. The van der Waals surface area contributed by atoms with Crippen LogP contribution in [0.3, 0.4) is 0 Å². The molecule has 0 radical (unpaired) electrons. The van der Waals surface area contributed by atoms with Crippen LogP contribution < -0.4 is 4.74 Å². The van der Waals surface area contributed by atoms with Gasteiger partial charge in [-0.1, -0.05) is 0 Å². The molecule has 0 spiro atoms. The number of fused-ring (bicyclic) bond motifs is 1. The van der Waals surface area contributed by atoms with Gasteiger partial charge < -0.3 is 9.84 Å². The van der Waals surface area contributed by atoms with Crippen molar-refractivity contribution >= 4 is 22.9 Å². The van der Waals surface area contributed by atoms with Crippen molar-refractivity contribution < 1.29 is 27.8 Å². The quantitative estimate of drug-likeness (QED) is 0.880. The van der Waals surface area contributed by atoms with Gasteiger partial charge in [-0.3, -0.25) is 0 Å². The van der Waals surface area contributed by atoms with Gasteiger partial charge in [0, 0.05) is 11.5 Å². The molecular weight excluding hydrogens is 287 g/mol. The Morgan fingerprint density at radius 2 is 2.05 bits per heavy atom. The highest BCUT2D eigenvalue weighted by Crippen LogP contribution is 2.27. The molecule has 2 rings (SSSR count). The first-order chi connectivity index (χ1) is 9.74. The van der Waals surface area contributed by atoms with E-state index in [9.17, 15) is 18.0 Å². The van der Waals surface area contributed by atoms with Crippen LogP contribution >= 0.6 is 0 Å². The number of hydrogen-bond donors (Lipinski definition) is 1. The first-order valence-electron chi connectivity index (χ1n) is 5.83. The van der Waals surface area contributed by atoms with Crippen LogP contribution in [0.5, 0.6) is 5.75 Å². The second-order valence-corrected chi connectivity index (χ2v) is 4.26. The zero-order valence-electron chi connectivity index (χ0n) is 10.8. The number of halogens is 3. The maximum Gasteiger partial charge on any atom is 0.573 e. The topological polar surface area (TPSA) is 59.4 Å². The van der Waals surface area contributed by atoms with Gasteiger partial charge in [0.15, 0.2) is 0 Å². The monoisotopic (exact) mass is 297 g/mol. The highest BCUT2D eigenvalue weighted by Gasteiger charge is 2.31. The second-order valence-electron chi connectivity index (χ2n) is 4.26. The molecule has 0 saturated carbocycles.